The molecule has 0 saturated heterocycles. The van der Waals surface area contributed by atoms with Crippen LogP contribution in [0.2, 0.25) is 156 Å². The summed E-state index contributed by atoms with van der Waals surface area (Å²) in [5, 5.41) is 9.20. The average molecular weight is 932 g/mol. The summed E-state index contributed by atoms with van der Waals surface area (Å²) in [4.78, 5) is 0. The molecule has 0 unspecified atom stereocenters. The second kappa shape index (κ2) is 21.1. The molecule has 0 spiro atoms. The Labute approximate surface area is 346 Å². The molecular weight excluding hydrogens is 856 g/mol. The van der Waals surface area contributed by atoms with E-state index in [1.54, 1.807) is 0 Å². The van der Waals surface area contributed by atoms with Crippen molar-refractivity contribution in [2.45, 2.75) is 156 Å². The van der Waals surface area contributed by atoms with E-state index in [1.807, 2.05) is 52.4 Å². The number of hydrogen-bond donors (Lipinski definition) is 1. The molecule has 0 aliphatic carbocycles. The van der Waals surface area contributed by atoms with E-state index in [1.165, 1.54) is 0 Å². The summed E-state index contributed by atoms with van der Waals surface area (Å²) in [7, 11) is -26.4. The van der Waals surface area contributed by atoms with Gasteiger partial charge in [-0.2, -0.15) is 0 Å². The summed E-state index contributed by atoms with van der Waals surface area (Å²) in [6.07, 6.45) is 0. The maximum absolute atomic E-state index is 10.6. The van der Waals surface area contributed by atoms with Crippen molar-refractivity contribution in [2.75, 3.05) is 13.2 Å². The Balaban J connectivity index is -0.000000897. The zero-order valence-electron chi connectivity index (χ0n) is 36.6. The second-order valence-electron chi connectivity index (χ2n) is 18.4. The van der Waals surface area contributed by atoms with Crippen LogP contribution in [0.1, 0.15) is 0 Å². The van der Waals surface area contributed by atoms with Crippen LogP contribution in [0.15, 0.2) is 0 Å². The van der Waals surface area contributed by atoms with Crippen LogP contribution in [0.25, 0.3) is 0 Å². The van der Waals surface area contributed by atoms with E-state index >= 15 is 0 Å². The van der Waals surface area contributed by atoms with Crippen LogP contribution >= 0.6 is 0 Å². The zero-order chi connectivity index (χ0) is 40.7. The Morgan fingerprint density at radius 2 is 0.667 bits per heavy atom. The SMILES string of the molecule is C[Si](C)(C)O[Si](C)(C)O[Si](C)(C)O[Si](C)(C)O[Si](C)(C)CCO.C[Si](C)(C)O[Si](C)(C)O[Si](C)(C)O[Si](C)(C)O[Si](C)(C)CCOS(=O)(=O)[O-].[Na+]. The molecule has 0 aliphatic rings. The van der Waals surface area contributed by atoms with Crippen LogP contribution in [0.3, 0.4) is 0 Å². The first-order valence-corrected chi connectivity index (χ1v) is 48.5. The van der Waals surface area contributed by atoms with E-state index in [9.17, 15) is 18.1 Å². The fraction of sp³-hybridized carbons (Fsp3) is 1.00. The molecule has 25 heteroatoms. The van der Waals surface area contributed by atoms with Crippen LogP contribution in [0.5, 0.6) is 0 Å². The number of aliphatic hydroxyl groups excluding tert-OH is 1. The van der Waals surface area contributed by atoms with Crippen molar-refractivity contribution in [3.05, 3.63) is 0 Å². The molecular formula is C26H75NaO13SSi10. The first kappa shape index (κ1) is 58.0. The molecule has 1 N–H and O–H groups in total. The Morgan fingerprint density at radius 3 is 0.902 bits per heavy atom. The van der Waals surface area contributed by atoms with Gasteiger partial charge in [-0.15, -0.1) is 0 Å². The molecule has 0 radical (unpaired) electrons. The van der Waals surface area contributed by atoms with E-state index in [-0.39, 0.29) is 42.8 Å². The zero-order valence-corrected chi connectivity index (χ0v) is 49.4. The third-order valence-corrected chi connectivity index (χ3v) is 42.0. The normalized spacial score (nSPS) is 14.9. The third kappa shape index (κ3) is 34.4. The molecule has 0 rings (SSSR count). The molecule has 51 heavy (non-hydrogen) atoms. The van der Waals surface area contributed by atoms with Crippen LogP contribution in [0.4, 0.5) is 0 Å². The Hall–Kier alpha value is 2.68. The second-order valence-corrected chi connectivity index (χ2v) is 59.3. The van der Waals surface area contributed by atoms with Gasteiger partial charge in [-0.1, -0.05) is 0 Å². The summed E-state index contributed by atoms with van der Waals surface area (Å²) in [5.41, 5.74) is 0. The number of aliphatic hydroxyl groups is 1. The van der Waals surface area contributed by atoms with E-state index in [2.05, 4.69) is 95.8 Å². The molecule has 0 aromatic rings. The number of hydrogen-bond acceptors (Lipinski definition) is 13. The van der Waals surface area contributed by atoms with Crippen molar-refractivity contribution in [1.29, 1.82) is 0 Å². The first-order chi connectivity index (χ1) is 21.4. The topological polar surface area (TPSA) is 161 Å². The van der Waals surface area contributed by atoms with Crippen LogP contribution in [-0.4, -0.2) is 116 Å². The molecule has 0 aromatic carbocycles. The van der Waals surface area contributed by atoms with Gasteiger partial charge in [0.15, 0.2) is 33.3 Å². The molecule has 13 nitrogen and oxygen atoms in total. The van der Waals surface area contributed by atoms with E-state index in [4.69, 9.17) is 32.9 Å². The molecule has 0 heterocycles. The van der Waals surface area contributed by atoms with E-state index in [0.717, 1.165) is 6.04 Å². The molecule has 0 amide bonds. The summed E-state index contributed by atoms with van der Waals surface area (Å²) < 4.78 is 86.8. The quantitative estimate of drug-likeness (QED) is 0.0892. The predicted molar refractivity (Wildman–Crippen MR) is 228 cm³/mol. The van der Waals surface area contributed by atoms with Crippen molar-refractivity contribution >= 4 is 95.0 Å². The van der Waals surface area contributed by atoms with E-state index in [0.29, 0.717) is 6.04 Å². The number of rotatable bonds is 22. The fourth-order valence-electron chi connectivity index (χ4n) is 6.06. The molecule has 0 atom stereocenters. The minimum Gasteiger partial charge on any atom is -0.726 e. The molecule has 0 aliphatic heterocycles. The maximum Gasteiger partial charge on any atom is 1.00 e. The largest absolute Gasteiger partial charge is 1.00 e. The smallest absolute Gasteiger partial charge is 0.726 e. The summed E-state index contributed by atoms with van der Waals surface area (Å²) in [6, 6.07) is 1.12. The van der Waals surface area contributed by atoms with Gasteiger partial charge in [0.1, 0.15) is 0 Å². The maximum atomic E-state index is 10.6. The summed E-state index contributed by atoms with van der Waals surface area (Å²) in [6.45, 7) is 45.6. The van der Waals surface area contributed by atoms with Crippen molar-refractivity contribution in [3.63, 3.8) is 0 Å². The van der Waals surface area contributed by atoms with Gasteiger partial charge in [0.2, 0.25) is 10.4 Å². The van der Waals surface area contributed by atoms with Crippen molar-refractivity contribution in [2.24, 2.45) is 0 Å². The summed E-state index contributed by atoms with van der Waals surface area (Å²) >= 11 is 0. The molecule has 304 valence electrons. The Morgan fingerprint density at radius 1 is 0.431 bits per heavy atom. The predicted octanol–water partition coefficient (Wildman–Crippen LogP) is 4.87. The molecule has 0 fully saturated rings. The standard InChI is InChI=1S/C13H38O8SSi5.C13H38O5Si5.Na/c1-23(2,3)18-25(6,7)20-27(10,11)21-26(8,9)19-24(4,5)13-12-17-22(14,15)16;1-19(2,3)15-21(6,7)17-23(10,11)18-22(8,9)16-20(4,5)13-12-14;/h12-13H2,1-11H3,(H,14,15,16);14H,12-13H2,1-11H3;/q;;+1/p-1. The average Bonchev–Trinajstić information content (AvgIpc) is 2.62. The molecule has 0 aromatic heterocycles. The minimum absolute atomic E-state index is 0. The van der Waals surface area contributed by atoms with Gasteiger partial charge in [0.25, 0.3) is 0 Å². The Bertz CT molecular complexity index is 1150. The van der Waals surface area contributed by atoms with Gasteiger partial charge in [-0.25, -0.2) is 8.42 Å². The van der Waals surface area contributed by atoms with Crippen molar-refractivity contribution in [1.82, 2.24) is 0 Å². The monoisotopic (exact) mass is 930 g/mol. The first-order valence-electron chi connectivity index (χ1n) is 17.2. The molecule has 0 saturated carbocycles. The van der Waals surface area contributed by atoms with Gasteiger partial charge in [0, 0.05) is 6.61 Å². The van der Waals surface area contributed by atoms with Gasteiger partial charge in [0.05, 0.1) is 6.61 Å². The summed E-state index contributed by atoms with van der Waals surface area (Å²) in [5.74, 6) is 0. The molecule has 0 bridgehead atoms. The third-order valence-electron chi connectivity index (χ3n) is 5.76. The van der Waals surface area contributed by atoms with Crippen molar-refractivity contribution in [3.8, 4) is 0 Å². The van der Waals surface area contributed by atoms with Crippen molar-refractivity contribution < 1.29 is 84.7 Å². The van der Waals surface area contributed by atoms with Gasteiger partial charge in [-0.3, -0.25) is 4.18 Å². The van der Waals surface area contributed by atoms with Gasteiger partial charge in [-0.05, 0) is 156 Å². The Kier molecular flexibility index (Phi) is 24.0. The van der Waals surface area contributed by atoms with Gasteiger partial charge >= 0.3 is 80.9 Å². The van der Waals surface area contributed by atoms with Gasteiger partial charge < -0.3 is 42.6 Å². The fourth-order valence-corrected chi connectivity index (χ4v) is 53.1. The van der Waals surface area contributed by atoms with Crippen LogP contribution in [0, 0.1) is 0 Å². The van der Waals surface area contributed by atoms with Crippen LogP contribution < -0.4 is 29.6 Å². The van der Waals surface area contributed by atoms with Crippen LogP contribution in [-0.2, 0) is 47.5 Å². The van der Waals surface area contributed by atoms with E-state index < -0.39 is 95.0 Å². The minimum atomic E-state index is -4.68.